The highest BCUT2D eigenvalue weighted by Gasteiger charge is 2.24. The van der Waals surface area contributed by atoms with Gasteiger partial charge in [0.1, 0.15) is 5.69 Å². The van der Waals surface area contributed by atoms with Crippen molar-refractivity contribution in [2.24, 2.45) is 5.92 Å². The Morgan fingerprint density at radius 1 is 0.936 bits per heavy atom. The molecule has 2 N–H and O–H groups in total. The third kappa shape index (κ3) is 6.10. The van der Waals surface area contributed by atoms with E-state index in [0.717, 1.165) is 0 Å². The number of fused-ring (bicyclic) bond motifs is 4. The Labute approximate surface area is 276 Å². The number of nitrogens with one attached hydrogen (secondary N) is 2. The average molecular weight is 670 g/mol. The fourth-order valence-electron chi connectivity index (χ4n) is 5.63. The number of carbonyl (C=O) groups is 1. The van der Waals surface area contributed by atoms with E-state index in [9.17, 15) is 14.4 Å². The molecule has 5 aromatic heterocycles. The molecule has 13 nitrogen and oxygen atoms in total. The monoisotopic (exact) mass is 668 g/mol. The first-order chi connectivity index (χ1) is 22.7. The lowest BCUT2D eigenvalue weighted by molar-refractivity contribution is -0.119. The number of carbonyl (C=O) groups excluding carboxylic acids is 1. The molecule has 1 amide bonds. The summed E-state index contributed by atoms with van der Waals surface area (Å²) >= 11 is 12.3. The zero-order valence-corrected chi connectivity index (χ0v) is 26.4. The minimum Gasteiger partial charge on any atom is -0.327 e. The molecule has 0 aliphatic carbocycles. The van der Waals surface area contributed by atoms with Crippen LogP contribution in [0.15, 0.2) is 89.2 Å². The van der Waals surface area contributed by atoms with E-state index < -0.39 is 6.04 Å². The van der Waals surface area contributed by atoms with Crippen molar-refractivity contribution in [3.8, 4) is 33.9 Å². The fraction of sp³-hybridized carbons (Fsp3) is 0.188. The summed E-state index contributed by atoms with van der Waals surface area (Å²) in [5, 5.41) is 16.4. The Hall–Kier alpha value is -5.40. The Bertz CT molecular complexity index is 2240. The molecule has 7 rings (SSSR count). The highest BCUT2D eigenvalue weighted by molar-refractivity contribution is 6.31. The molecule has 0 fully saturated rings. The predicted molar refractivity (Wildman–Crippen MR) is 176 cm³/mol. The largest absolute Gasteiger partial charge is 0.327 e. The van der Waals surface area contributed by atoms with E-state index in [0.29, 0.717) is 69.6 Å². The van der Waals surface area contributed by atoms with E-state index in [4.69, 9.17) is 28.3 Å². The molecule has 2 bridgehead atoms. The SMILES string of the molecule is C[C@@H]1CCC[C@H](n2cnc(-c3cc(Cl)ccc3-n3cc(Cl)nn3)cc2=O)c2cc(ccn2)-c2nn(-c3ccc(=O)[nH]c3)cc2NC1=O. The van der Waals surface area contributed by atoms with E-state index in [1.807, 2.05) is 13.0 Å². The van der Waals surface area contributed by atoms with Crippen LogP contribution >= 0.6 is 23.2 Å². The summed E-state index contributed by atoms with van der Waals surface area (Å²) < 4.78 is 4.64. The molecule has 47 heavy (non-hydrogen) atoms. The molecule has 2 atom stereocenters. The zero-order valence-electron chi connectivity index (χ0n) is 24.8. The summed E-state index contributed by atoms with van der Waals surface area (Å²) in [6.45, 7) is 1.87. The molecule has 15 heteroatoms. The molecule has 1 aromatic carbocycles. The van der Waals surface area contributed by atoms with Crippen molar-refractivity contribution in [2.75, 3.05) is 5.32 Å². The maximum absolute atomic E-state index is 13.8. The van der Waals surface area contributed by atoms with Crippen molar-refractivity contribution in [1.82, 2.24) is 44.3 Å². The fourth-order valence-corrected chi connectivity index (χ4v) is 5.93. The van der Waals surface area contributed by atoms with Gasteiger partial charge in [-0.1, -0.05) is 41.8 Å². The molecule has 0 unspecified atom stereocenters. The average Bonchev–Trinajstić information content (AvgIpc) is 3.69. The number of anilines is 1. The molecule has 236 valence electrons. The number of benzene rings is 1. The van der Waals surface area contributed by atoms with Gasteiger partial charge >= 0.3 is 0 Å². The number of rotatable bonds is 4. The first kappa shape index (κ1) is 30.3. The van der Waals surface area contributed by atoms with Crippen molar-refractivity contribution in [2.45, 2.75) is 32.2 Å². The lowest BCUT2D eigenvalue weighted by Crippen LogP contribution is -2.27. The summed E-state index contributed by atoms with van der Waals surface area (Å²) in [7, 11) is 0. The number of hydrogen-bond donors (Lipinski definition) is 2. The molecule has 0 radical (unpaired) electrons. The van der Waals surface area contributed by atoms with Crippen LogP contribution < -0.4 is 16.4 Å². The van der Waals surface area contributed by atoms with Crippen molar-refractivity contribution in [3.05, 3.63) is 116 Å². The Morgan fingerprint density at radius 2 is 1.81 bits per heavy atom. The van der Waals surface area contributed by atoms with Crippen LogP contribution in [0.1, 0.15) is 37.9 Å². The lowest BCUT2D eigenvalue weighted by Gasteiger charge is -2.22. The van der Waals surface area contributed by atoms with Gasteiger partial charge in [-0.15, -0.1) is 5.10 Å². The second-order valence-corrected chi connectivity index (χ2v) is 12.0. The molecule has 6 heterocycles. The Kier molecular flexibility index (Phi) is 8.00. The van der Waals surface area contributed by atoms with Gasteiger partial charge in [-0.05, 0) is 49.2 Å². The van der Waals surface area contributed by atoms with E-state index in [-0.39, 0.29) is 28.1 Å². The number of nitrogens with zero attached hydrogens (tertiary/aromatic N) is 8. The van der Waals surface area contributed by atoms with Crippen molar-refractivity contribution < 1.29 is 4.79 Å². The standard InChI is InChI=1S/C32H26Cl2N10O3/c1-18-3-2-4-27(42-17-37-23(13-30(42)46)22-12-20(33)5-7-26(22)44-16-28(34)39-41-44)24-11-19(9-10-35-24)31-25(38-32(18)47)15-43(40-31)21-6-8-29(45)36-14-21/h5-18,27H,2-4H2,1H3,(H,36,45)(H,38,47)/t18-,27+/m1/s1. The predicted octanol–water partition coefficient (Wildman–Crippen LogP) is 5.08. The number of pyridine rings is 2. The minimum atomic E-state index is -0.476. The van der Waals surface area contributed by atoms with E-state index >= 15 is 0 Å². The first-order valence-electron chi connectivity index (χ1n) is 14.8. The van der Waals surface area contributed by atoms with Crippen LogP contribution in [0.5, 0.6) is 0 Å². The van der Waals surface area contributed by atoms with Gasteiger partial charge < -0.3 is 10.3 Å². The van der Waals surface area contributed by atoms with Crippen LogP contribution in [0, 0.1) is 5.92 Å². The molecule has 6 aromatic rings. The number of amides is 1. The summed E-state index contributed by atoms with van der Waals surface area (Å²) in [6.07, 6.45) is 9.74. The van der Waals surface area contributed by atoms with E-state index in [1.165, 1.54) is 23.1 Å². The molecule has 1 aliphatic rings. The van der Waals surface area contributed by atoms with Crippen LogP contribution in [-0.2, 0) is 4.79 Å². The third-order valence-corrected chi connectivity index (χ3v) is 8.49. The van der Waals surface area contributed by atoms with Crippen LogP contribution in [0.2, 0.25) is 10.2 Å². The van der Waals surface area contributed by atoms with E-state index in [1.54, 1.807) is 64.4 Å². The highest BCUT2D eigenvalue weighted by atomic mass is 35.5. The second-order valence-electron chi connectivity index (χ2n) is 11.2. The summed E-state index contributed by atoms with van der Waals surface area (Å²) in [5.41, 5.74) is 4.02. The molecule has 0 spiro atoms. The Balaban J connectivity index is 1.31. The van der Waals surface area contributed by atoms with Gasteiger partial charge in [0.2, 0.25) is 11.5 Å². The Morgan fingerprint density at radius 3 is 2.57 bits per heavy atom. The minimum absolute atomic E-state index is 0.146. The number of halogens is 2. The van der Waals surface area contributed by atoms with Crippen molar-refractivity contribution >= 4 is 34.8 Å². The topological polar surface area (TPSA) is 158 Å². The number of hydrogen-bond acceptors (Lipinski definition) is 8. The van der Waals surface area contributed by atoms with Gasteiger partial charge in [-0.2, -0.15) is 5.10 Å². The van der Waals surface area contributed by atoms with Gasteiger partial charge in [0.25, 0.3) is 5.56 Å². The maximum Gasteiger partial charge on any atom is 0.254 e. The quantitative estimate of drug-likeness (QED) is 0.263. The van der Waals surface area contributed by atoms with Crippen LogP contribution in [0.25, 0.3) is 33.9 Å². The molecular formula is C32H26Cl2N10O3. The third-order valence-electron chi connectivity index (χ3n) is 8.08. The summed E-state index contributed by atoms with van der Waals surface area (Å²) in [5.74, 6) is -0.456. The van der Waals surface area contributed by atoms with Crippen LogP contribution in [0.4, 0.5) is 5.69 Å². The van der Waals surface area contributed by atoms with Crippen LogP contribution in [-0.4, -0.2) is 50.2 Å². The molecule has 1 aliphatic heterocycles. The maximum atomic E-state index is 13.8. The van der Waals surface area contributed by atoms with Gasteiger partial charge in [0.05, 0.1) is 53.2 Å². The van der Waals surface area contributed by atoms with Crippen LogP contribution in [0.3, 0.4) is 0 Å². The number of aromatic amines is 1. The van der Waals surface area contributed by atoms with Gasteiger partial charge in [0, 0.05) is 46.6 Å². The number of H-pyrrole nitrogens is 1. The summed E-state index contributed by atoms with van der Waals surface area (Å²) in [6, 6.07) is 12.9. The van der Waals surface area contributed by atoms with E-state index in [2.05, 4.69) is 30.6 Å². The molecule has 0 saturated carbocycles. The second kappa shape index (κ2) is 12.4. The number of aromatic nitrogens is 9. The normalized spacial score (nSPS) is 16.5. The van der Waals surface area contributed by atoms with Crippen molar-refractivity contribution in [1.29, 1.82) is 0 Å². The zero-order chi connectivity index (χ0) is 32.7. The summed E-state index contributed by atoms with van der Waals surface area (Å²) in [4.78, 5) is 50.7. The molecule has 0 saturated heterocycles. The lowest BCUT2D eigenvalue weighted by atomic mass is 9.97. The van der Waals surface area contributed by atoms with Gasteiger partial charge in [-0.25, -0.2) is 14.3 Å². The molecular weight excluding hydrogens is 643 g/mol. The van der Waals surface area contributed by atoms with Gasteiger partial charge in [-0.3, -0.25) is 23.9 Å². The smallest absolute Gasteiger partial charge is 0.254 e. The highest BCUT2D eigenvalue weighted by Crippen LogP contribution is 2.33. The van der Waals surface area contributed by atoms with Crippen molar-refractivity contribution in [3.63, 3.8) is 0 Å². The van der Waals surface area contributed by atoms with Gasteiger partial charge in [0.15, 0.2) is 5.15 Å². The first-order valence-corrected chi connectivity index (χ1v) is 15.5.